The van der Waals surface area contributed by atoms with Crippen molar-refractivity contribution in [3.63, 3.8) is 0 Å². The van der Waals surface area contributed by atoms with Gasteiger partial charge in [-0.3, -0.25) is 0 Å². The molecule has 196 valence electrons. The van der Waals surface area contributed by atoms with Gasteiger partial charge in [-0.25, -0.2) is 23.1 Å². The van der Waals surface area contributed by atoms with E-state index in [0.717, 1.165) is 25.7 Å². The van der Waals surface area contributed by atoms with Crippen LogP contribution in [-0.2, 0) is 22.9 Å². The summed E-state index contributed by atoms with van der Waals surface area (Å²) in [5.41, 5.74) is 0.363. The van der Waals surface area contributed by atoms with E-state index in [1.165, 1.54) is 12.1 Å². The molecule has 1 aliphatic rings. The number of sulfonamides is 1. The van der Waals surface area contributed by atoms with Crippen LogP contribution in [0.3, 0.4) is 0 Å². The molecule has 1 aromatic heterocycles. The van der Waals surface area contributed by atoms with Gasteiger partial charge in [-0.05, 0) is 42.4 Å². The molecular formula is C28H31NO7S. The fraction of sp³-hybridized carbons (Fsp3) is 0.357. The summed E-state index contributed by atoms with van der Waals surface area (Å²) in [6, 6.07) is 11.1. The number of hydrogen-bond acceptors (Lipinski definition) is 6. The highest BCUT2D eigenvalue weighted by Crippen LogP contribution is 2.44. The van der Waals surface area contributed by atoms with Crippen LogP contribution in [0.1, 0.15) is 78.3 Å². The number of benzene rings is 2. The Hall–Kier alpha value is -3.43. The second-order valence-corrected chi connectivity index (χ2v) is 11.3. The van der Waals surface area contributed by atoms with Crippen molar-refractivity contribution in [1.82, 2.24) is 0 Å². The van der Waals surface area contributed by atoms with Crippen LogP contribution in [-0.4, -0.2) is 24.6 Å². The van der Waals surface area contributed by atoms with E-state index in [-0.39, 0.29) is 22.8 Å². The van der Waals surface area contributed by atoms with Crippen molar-refractivity contribution in [1.29, 1.82) is 0 Å². The van der Waals surface area contributed by atoms with Crippen molar-refractivity contribution in [3.8, 4) is 16.9 Å². The van der Waals surface area contributed by atoms with Crippen LogP contribution in [0.5, 0.6) is 5.75 Å². The lowest BCUT2D eigenvalue weighted by molar-refractivity contribution is 0.0692. The number of carboxylic acid groups (broad SMARTS) is 1. The van der Waals surface area contributed by atoms with Gasteiger partial charge in [0, 0.05) is 23.5 Å². The molecule has 3 aromatic rings. The third-order valence-electron chi connectivity index (χ3n) is 6.97. The van der Waals surface area contributed by atoms with E-state index < -0.39 is 38.0 Å². The van der Waals surface area contributed by atoms with Crippen LogP contribution in [0.15, 0.2) is 56.6 Å². The lowest BCUT2D eigenvalue weighted by Gasteiger charge is -2.27. The summed E-state index contributed by atoms with van der Waals surface area (Å²) in [7, 11) is -4.51. The minimum Gasteiger partial charge on any atom is -0.507 e. The maximum Gasteiger partial charge on any atom is 0.343 e. The van der Waals surface area contributed by atoms with Crippen molar-refractivity contribution >= 4 is 16.0 Å². The molecule has 0 saturated heterocycles. The van der Waals surface area contributed by atoms with E-state index in [1.54, 1.807) is 30.3 Å². The molecule has 1 unspecified atom stereocenters. The molecule has 0 aliphatic heterocycles. The maximum atomic E-state index is 13.4. The van der Waals surface area contributed by atoms with Gasteiger partial charge in [-0.15, -0.1) is 0 Å². The number of aromatic hydroxyl groups is 1. The second-order valence-electron chi connectivity index (χ2n) is 9.81. The van der Waals surface area contributed by atoms with E-state index >= 15 is 0 Å². The number of primary sulfonamides is 1. The summed E-state index contributed by atoms with van der Waals surface area (Å²) in [4.78, 5) is 24.9. The molecule has 37 heavy (non-hydrogen) atoms. The smallest absolute Gasteiger partial charge is 0.343 e. The first-order chi connectivity index (χ1) is 17.5. The molecule has 0 amide bonds. The Balaban J connectivity index is 2.10. The zero-order chi connectivity index (χ0) is 26.9. The third kappa shape index (κ3) is 5.19. The predicted molar refractivity (Wildman–Crippen MR) is 139 cm³/mol. The van der Waals surface area contributed by atoms with Crippen LogP contribution >= 0.6 is 0 Å². The van der Waals surface area contributed by atoms with Gasteiger partial charge in [0.25, 0.3) is 0 Å². The van der Waals surface area contributed by atoms with Crippen LogP contribution in [0.25, 0.3) is 11.1 Å². The van der Waals surface area contributed by atoms with Gasteiger partial charge in [0.1, 0.15) is 16.4 Å². The first-order valence-corrected chi connectivity index (χ1v) is 13.9. The van der Waals surface area contributed by atoms with E-state index in [2.05, 4.69) is 0 Å². The molecule has 0 fully saturated rings. The largest absolute Gasteiger partial charge is 0.507 e. The van der Waals surface area contributed by atoms with Gasteiger partial charge in [0.2, 0.25) is 10.0 Å². The van der Waals surface area contributed by atoms with E-state index in [0.29, 0.717) is 35.3 Å². The van der Waals surface area contributed by atoms with Gasteiger partial charge in [-0.1, -0.05) is 63.1 Å². The molecule has 1 heterocycles. The lowest BCUT2D eigenvalue weighted by Crippen LogP contribution is -2.24. The summed E-state index contributed by atoms with van der Waals surface area (Å²) in [5, 5.41) is 26.8. The van der Waals surface area contributed by atoms with E-state index in [4.69, 9.17) is 9.56 Å². The Bertz CT molecular complexity index is 1490. The number of carbonyl (C=O) groups is 1. The second kappa shape index (κ2) is 10.5. The molecule has 9 heteroatoms. The summed E-state index contributed by atoms with van der Waals surface area (Å²) in [5.74, 6) is -2.19. The highest BCUT2D eigenvalue weighted by molar-refractivity contribution is 7.89. The highest BCUT2D eigenvalue weighted by atomic mass is 32.2. The lowest BCUT2D eigenvalue weighted by atomic mass is 9.78. The Labute approximate surface area is 215 Å². The molecule has 0 radical (unpaired) electrons. The van der Waals surface area contributed by atoms with E-state index in [1.807, 2.05) is 13.8 Å². The Kier molecular flexibility index (Phi) is 7.57. The summed E-state index contributed by atoms with van der Waals surface area (Å²) >= 11 is 0. The van der Waals surface area contributed by atoms with Crippen LogP contribution in [0.4, 0.5) is 0 Å². The van der Waals surface area contributed by atoms with E-state index in [9.17, 15) is 28.2 Å². The van der Waals surface area contributed by atoms with Crippen molar-refractivity contribution in [2.45, 2.75) is 63.2 Å². The number of carboxylic acids is 1. The normalized spacial score (nSPS) is 15.0. The minimum absolute atomic E-state index is 0.0370. The number of aromatic carboxylic acids is 1. The minimum atomic E-state index is -4.51. The average Bonchev–Trinajstić information content (AvgIpc) is 2.82. The molecule has 4 rings (SSSR count). The SMILES string of the molecule is CC(C)C(c1ccc(C(=O)O)c(S(N)(=O)=O)c1-c1ccccc1)c1c(O)c2c(oc1=O)CCCCCC2. The average molecular weight is 526 g/mol. The van der Waals surface area contributed by atoms with Gasteiger partial charge in [0.05, 0.1) is 11.1 Å². The number of nitrogens with two attached hydrogens (primary N) is 1. The molecule has 1 aliphatic carbocycles. The van der Waals surface area contributed by atoms with Gasteiger partial charge < -0.3 is 14.6 Å². The quantitative estimate of drug-likeness (QED) is 0.418. The van der Waals surface area contributed by atoms with Crippen LogP contribution in [0, 0.1) is 5.92 Å². The topological polar surface area (TPSA) is 148 Å². The molecule has 0 saturated carbocycles. The molecule has 0 bridgehead atoms. The first kappa shape index (κ1) is 26.6. The fourth-order valence-electron chi connectivity index (χ4n) is 5.37. The fourth-order valence-corrected chi connectivity index (χ4v) is 6.35. The molecule has 1 atom stereocenters. The highest BCUT2D eigenvalue weighted by Gasteiger charge is 2.34. The zero-order valence-electron chi connectivity index (χ0n) is 20.9. The zero-order valence-corrected chi connectivity index (χ0v) is 21.7. The monoisotopic (exact) mass is 525 g/mol. The van der Waals surface area contributed by atoms with Gasteiger partial charge in [0.15, 0.2) is 0 Å². The molecule has 4 N–H and O–H groups in total. The van der Waals surface area contributed by atoms with Crippen LogP contribution in [0.2, 0.25) is 0 Å². The third-order valence-corrected chi connectivity index (χ3v) is 7.97. The summed E-state index contributed by atoms with van der Waals surface area (Å²) < 4.78 is 31.4. The number of rotatable bonds is 6. The molecule has 8 nitrogen and oxygen atoms in total. The van der Waals surface area contributed by atoms with Gasteiger partial charge in [-0.2, -0.15) is 0 Å². The molecule has 2 aromatic carbocycles. The number of hydrogen-bond donors (Lipinski definition) is 3. The Morgan fingerprint density at radius 3 is 2.24 bits per heavy atom. The predicted octanol–water partition coefficient (Wildman–Crippen LogP) is 4.80. The van der Waals surface area contributed by atoms with Crippen molar-refractivity contribution in [2.24, 2.45) is 11.1 Å². The molecule has 0 spiro atoms. The first-order valence-electron chi connectivity index (χ1n) is 12.4. The Morgan fingerprint density at radius 2 is 1.65 bits per heavy atom. The maximum absolute atomic E-state index is 13.4. The van der Waals surface area contributed by atoms with Crippen molar-refractivity contribution in [3.05, 3.63) is 80.9 Å². The van der Waals surface area contributed by atoms with Crippen molar-refractivity contribution in [2.75, 3.05) is 0 Å². The standard InChI is InChI=1S/C28H31NO7S/c1-16(2)22(24-25(30)18-12-8-3-4-9-13-21(18)36-28(24)33)19-14-15-20(27(31)32)26(37(29,34)35)23(19)17-10-6-5-7-11-17/h5-7,10-11,14-16,22,30H,3-4,8-9,12-13H2,1-2H3,(H,31,32)(H2,29,34,35). The Morgan fingerprint density at radius 1 is 1.00 bits per heavy atom. The summed E-state index contributed by atoms with van der Waals surface area (Å²) in [6.45, 7) is 3.69. The molecular weight excluding hydrogens is 494 g/mol. The van der Waals surface area contributed by atoms with Crippen molar-refractivity contribution < 1.29 is 27.8 Å². The summed E-state index contributed by atoms with van der Waals surface area (Å²) in [6.07, 6.45) is 4.85. The number of fused-ring (bicyclic) bond motifs is 1. The van der Waals surface area contributed by atoms with Gasteiger partial charge >= 0.3 is 11.6 Å². The van der Waals surface area contributed by atoms with Crippen LogP contribution < -0.4 is 10.8 Å². The number of aryl methyl sites for hydroxylation is 1.